The quantitative estimate of drug-likeness (QED) is 0.488. The number of hydrogen-bond acceptors (Lipinski definition) is 7. The van der Waals surface area contributed by atoms with Gasteiger partial charge in [0.25, 0.3) is 5.91 Å². The Bertz CT molecular complexity index is 761. The summed E-state index contributed by atoms with van der Waals surface area (Å²) in [6, 6.07) is 5.57. The number of aromatic nitrogens is 1. The molecule has 2 rings (SSSR count). The van der Waals surface area contributed by atoms with Crippen LogP contribution >= 0.6 is 0 Å². The molecule has 118 valence electrons. The number of ether oxygens (including phenoxy) is 1. The second-order valence-corrected chi connectivity index (χ2v) is 4.28. The molecule has 2 aromatic rings. The molecule has 0 aliphatic carbocycles. The van der Waals surface area contributed by atoms with Crippen LogP contribution in [-0.4, -0.2) is 34.2 Å². The molecule has 1 amide bonds. The Labute approximate surface area is 130 Å². The molecule has 0 spiro atoms. The van der Waals surface area contributed by atoms with Gasteiger partial charge in [-0.25, -0.2) is 5.43 Å². The Hall–Kier alpha value is -3.49. The molecule has 0 saturated heterocycles. The normalized spacial score (nSPS) is 10.5. The monoisotopic (exact) mass is 316 g/mol. The van der Waals surface area contributed by atoms with Crippen LogP contribution in [0.4, 0.5) is 5.69 Å². The van der Waals surface area contributed by atoms with Crippen LogP contribution in [0.5, 0.6) is 11.5 Å². The maximum absolute atomic E-state index is 11.8. The van der Waals surface area contributed by atoms with Crippen molar-refractivity contribution in [3.05, 3.63) is 57.9 Å². The van der Waals surface area contributed by atoms with Gasteiger partial charge in [0.05, 0.1) is 29.9 Å². The van der Waals surface area contributed by atoms with E-state index < -0.39 is 22.3 Å². The number of benzene rings is 1. The highest BCUT2D eigenvalue weighted by molar-refractivity contribution is 5.95. The van der Waals surface area contributed by atoms with Crippen LogP contribution < -0.4 is 10.2 Å². The molecule has 1 heterocycles. The molecular weight excluding hydrogens is 304 g/mol. The third kappa shape index (κ3) is 3.79. The summed E-state index contributed by atoms with van der Waals surface area (Å²) in [6.45, 7) is 0. The van der Waals surface area contributed by atoms with Gasteiger partial charge in [0, 0.05) is 18.0 Å². The van der Waals surface area contributed by atoms with E-state index in [2.05, 4.69) is 15.5 Å². The second kappa shape index (κ2) is 6.98. The highest BCUT2D eigenvalue weighted by Crippen LogP contribution is 2.33. The number of phenols is 1. The predicted molar refractivity (Wildman–Crippen MR) is 80.6 cm³/mol. The van der Waals surface area contributed by atoms with Gasteiger partial charge in [-0.3, -0.25) is 19.9 Å². The average Bonchev–Trinajstić information content (AvgIpc) is 2.56. The van der Waals surface area contributed by atoms with E-state index in [4.69, 9.17) is 4.74 Å². The van der Waals surface area contributed by atoms with E-state index >= 15 is 0 Å². The molecule has 9 nitrogen and oxygen atoms in total. The lowest BCUT2D eigenvalue weighted by atomic mass is 10.1. The van der Waals surface area contributed by atoms with Crippen molar-refractivity contribution in [3.63, 3.8) is 0 Å². The molecule has 0 fully saturated rings. The Morgan fingerprint density at radius 2 is 2.30 bits per heavy atom. The summed E-state index contributed by atoms with van der Waals surface area (Å²) in [6.07, 6.45) is 3.96. The summed E-state index contributed by atoms with van der Waals surface area (Å²) in [5.74, 6) is -0.907. The fraction of sp³-hybridized carbons (Fsp3) is 0.0714. The number of rotatable bonds is 5. The number of nitrogens with one attached hydrogen (secondary N) is 1. The lowest BCUT2D eigenvalue weighted by Crippen LogP contribution is -2.17. The van der Waals surface area contributed by atoms with Crippen molar-refractivity contribution in [2.45, 2.75) is 0 Å². The summed E-state index contributed by atoms with van der Waals surface area (Å²) < 4.78 is 4.92. The van der Waals surface area contributed by atoms with E-state index in [9.17, 15) is 20.0 Å². The van der Waals surface area contributed by atoms with Gasteiger partial charge in [-0.2, -0.15) is 5.10 Å². The Morgan fingerprint density at radius 3 is 2.91 bits per heavy atom. The topological polar surface area (TPSA) is 127 Å². The summed E-state index contributed by atoms with van der Waals surface area (Å²) in [4.78, 5) is 25.7. The van der Waals surface area contributed by atoms with Gasteiger partial charge < -0.3 is 9.84 Å². The number of nitro benzene ring substituents is 1. The number of carbonyl (C=O) groups is 1. The Balaban J connectivity index is 2.21. The van der Waals surface area contributed by atoms with Crippen molar-refractivity contribution in [1.82, 2.24) is 10.4 Å². The first-order valence-electron chi connectivity index (χ1n) is 6.31. The molecule has 0 aliphatic rings. The molecule has 0 atom stereocenters. The van der Waals surface area contributed by atoms with Gasteiger partial charge in [0.1, 0.15) is 5.75 Å². The first-order valence-corrected chi connectivity index (χ1v) is 6.31. The zero-order chi connectivity index (χ0) is 16.8. The first kappa shape index (κ1) is 15.9. The summed E-state index contributed by atoms with van der Waals surface area (Å²) in [5, 5.41) is 24.4. The fourth-order valence-electron chi connectivity index (χ4n) is 1.69. The van der Waals surface area contributed by atoms with Crippen molar-refractivity contribution >= 4 is 17.8 Å². The molecule has 1 aromatic heterocycles. The van der Waals surface area contributed by atoms with E-state index in [-0.39, 0.29) is 11.3 Å². The number of pyridine rings is 1. The lowest BCUT2D eigenvalue weighted by molar-refractivity contribution is -0.385. The summed E-state index contributed by atoms with van der Waals surface area (Å²) in [5.41, 5.74) is 2.03. The molecule has 0 radical (unpaired) electrons. The third-order valence-electron chi connectivity index (χ3n) is 2.82. The highest BCUT2D eigenvalue weighted by atomic mass is 16.6. The highest BCUT2D eigenvalue weighted by Gasteiger charge is 2.18. The average molecular weight is 316 g/mol. The van der Waals surface area contributed by atoms with E-state index in [0.29, 0.717) is 5.56 Å². The van der Waals surface area contributed by atoms with Crippen molar-refractivity contribution in [1.29, 1.82) is 0 Å². The van der Waals surface area contributed by atoms with Gasteiger partial charge >= 0.3 is 5.69 Å². The summed E-state index contributed by atoms with van der Waals surface area (Å²) in [7, 11) is 1.33. The van der Waals surface area contributed by atoms with E-state index in [1.165, 1.54) is 25.6 Å². The number of hydrazone groups is 1. The maximum atomic E-state index is 11.8. The van der Waals surface area contributed by atoms with Gasteiger partial charge in [-0.15, -0.1) is 0 Å². The van der Waals surface area contributed by atoms with Crippen molar-refractivity contribution in [2.75, 3.05) is 7.11 Å². The van der Waals surface area contributed by atoms with Crippen molar-refractivity contribution < 1.29 is 19.6 Å². The first-order chi connectivity index (χ1) is 11.0. The zero-order valence-corrected chi connectivity index (χ0v) is 12.0. The Kier molecular flexibility index (Phi) is 4.82. The Morgan fingerprint density at radius 1 is 1.52 bits per heavy atom. The lowest BCUT2D eigenvalue weighted by Gasteiger charge is -2.04. The third-order valence-corrected chi connectivity index (χ3v) is 2.82. The van der Waals surface area contributed by atoms with E-state index in [1.807, 2.05) is 0 Å². The fourth-order valence-corrected chi connectivity index (χ4v) is 1.69. The number of nitrogens with zero attached hydrogens (tertiary/aromatic N) is 3. The number of nitro groups is 1. The molecule has 2 N–H and O–H groups in total. The number of methoxy groups -OCH3 is 1. The molecule has 23 heavy (non-hydrogen) atoms. The number of phenolic OH excluding ortho intramolecular Hbond substituents is 1. The number of carbonyl (C=O) groups excluding carboxylic acids is 1. The molecular formula is C14H12N4O5. The van der Waals surface area contributed by atoms with E-state index in [1.54, 1.807) is 12.1 Å². The van der Waals surface area contributed by atoms with Gasteiger partial charge in [0.15, 0.2) is 0 Å². The van der Waals surface area contributed by atoms with Crippen molar-refractivity contribution in [3.8, 4) is 11.5 Å². The predicted octanol–water partition coefficient (Wildman–Crippen LogP) is 1.47. The molecule has 0 bridgehead atoms. The minimum atomic E-state index is -0.747. The molecule has 0 saturated carbocycles. The summed E-state index contributed by atoms with van der Waals surface area (Å²) >= 11 is 0. The molecule has 0 unspecified atom stereocenters. The number of hydrogen-bond donors (Lipinski definition) is 2. The van der Waals surface area contributed by atoms with Crippen LogP contribution in [-0.2, 0) is 0 Å². The van der Waals surface area contributed by atoms with Gasteiger partial charge in [0.2, 0.25) is 5.75 Å². The van der Waals surface area contributed by atoms with E-state index in [0.717, 1.165) is 12.3 Å². The van der Waals surface area contributed by atoms with Crippen LogP contribution in [0.2, 0.25) is 0 Å². The van der Waals surface area contributed by atoms with Gasteiger partial charge in [-0.1, -0.05) is 0 Å². The molecule has 1 aromatic carbocycles. The molecule has 9 heteroatoms. The van der Waals surface area contributed by atoms with Crippen LogP contribution in [0.1, 0.15) is 15.9 Å². The maximum Gasteiger partial charge on any atom is 0.315 e. The molecule has 0 aliphatic heterocycles. The van der Waals surface area contributed by atoms with Crippen LogP contribution in [0.15, 0.2) is 41.8 Å². The van der Waals surface area contributed by atoms with Crippen LogP contribution in [0.25, 0.3) is 0 Å². The minimum absolute atomic E-state index is 0.0301. The van der Waals surface area contributed by atoms with Gasteiger partial charge in [-0.05, 0) is 18.2 Å². The standard InChI is InChI=1S/C14H12N4O5/c1-23-11-5-10(13(19)12(6-11)18(21)22)8-16-17-14(20)9-3-2-4-15-7-9/h2-8,19H,1H3,(H,17,20)/b16-8+. The SMILES string of the molecule is COc1cc(/C=N/NC(=O)c2cccnc2)c(O)c([N+](=O)[O-])c1. The smallest absolute Gasteiger partial charge is 0.315 e. The number of aromatic hydroxyl groups is 1. The largest absolute Gasteiger partial charge is 0.502 e. The number of amides is 1. The van der Waals surface area contributed by atoms with Crippen LogP contribution in [0, 0.1) is 10.1 Å². The van der Waals surface area contributed by atoms with Crippen LogP contribution in [0.3, 0.4) is 0 Å². The van der Waals surface area contributed by atoms with Crippen molar-refractivity contribution in [2.24, 2.45) is 5.10 Å². The second-order valence-electron chi connectivity index (χ2n) is 4.28. The zero-order valence-electron chi connectivity index (χ0n) is 12.0. The minimum Gasteiger partial charge on any atom is -0.502 e.